The Bertz CT molecular complexity index is 1290. The van der Waals surface area contributed by atoms with Crippen molar-refractivity contribution < 1.29 is 23.8 Å². The van der Waals surface area contributed by atoms with Crippen molar-refractivity contribution in [2.24, 2.45) is 0 Å². The van der Waals surface area contributed by atoms with Crippen LogP contribution in [0.25, 0.3) is 11.1 Å². The molecule has 0 spiro atoms. The third kappa shape index (κ3) is 5.40. The number of carboxylic acids is 1. The molecule has 0 atom stereocenters. The molecular weight excluding hydrogens is 423 g/mol. The highest BCUT2D eigenvalue weighted by Gasteiger charge is 2.14. The van der Waals surface area contributed by atoms with Gasteiger partial charge in [0.05, 0.1) is 5.56 Å². The number of carboxylic acid groups (broad SMARTS) is 1. The summed E-state index contributed by atoms with van der Waals surface area (Å²) < 4.78 is 18.8. The van der Waals surface area contributed by atoms with Gasteiger partial charge in [-0.25, -0.2) is 14.2 Å². The Labute approximate surface area is 189 Å². The Kier molecular flexibility index (Phi) is 6.40. The van der Waals surface area contributed by atoms with Crippen molar-refractivity contribution >= 4 is 11.9 Å². The number of pyridine rings is 1. The minimum Gasteiger partial charge on any atom is -0.478 e. The number of amides is 1. The first-order chi connectivity index (χ1) is 16.0. The van der Waals surface area contributed by atoms with Gasteiger partial charge in [-0.1, -0.05) is 36.4 Å². The standard InChI is InChI=1S/C26H19FN2O4/c27-21-10-12-22(13-11-21)33-25-23(5-2-14-28-25)24(30)29-16-17-6-8-18(9-7-17)19-3-1-4-20(15-19)26(31)32/h1-15H,16H2,(H,29,30)(H,31,32). The fourth-order valence-electron chi connectivity index (χ4n) is 3.18. The number of ether oxygens (including phenoxy) is 1. The van der Waals surface area contributed by atoms with E-state index in [1.807, 2.05) is 30.3 Å². The average Bonchev–Trinajstić information content (AvgIpc) is 2.84. The SMILES string of the molecule is O=C(O)c1cccc(-c2ccc(CNC(=O)c3cccnc3Oc3ccc(F)cc3)cc2)c1. The summed E-state index contributed by atoms with van der Waals surface area (Å²) in [4.78, 5) is 28.0. The lowest BCUT2D eigenvalue weighted by Crippen LogP contribution is -2.23. The lowest BCUT2D eigenvalue weighted by atomic mass is 10.0. The van der Waals surface area contributed by atoms with Crippen LogP contribution < -0.4 is 10.1 Å². The van der Waals surface area contributed by atoms with Crippen molar-refractivity contribution in [3.05, 3.63) is 114 Å². The van der Waals surface area contributed by atoms with Crippen molar-refractivity contribution in [2.45, 2.75) is 6.54 Å². The highest BCUT2D eigenvalue weighted by atomic mass is 19.1. The van der Waals surface area contributed by atoms with Gasteiger partial charge >= 0.3 is 5.97 Å². The minimum absolute atomic E-state index is 0.121. The molecule has 3 aromatic carbocycles. The Morgan fingerprint density at radius 2 is 1.67 bits per heavy atom. The summed E-state index contributed by atoms with van der Waals surface area (Å²) >= 11 is 0. The molecule has 6 nitrogen and oxygen atoms in total. The van der Waals surface area contributed by atoms with Crippen molar-refractivity contribution in [1.82, 2.24) is 10.3 Å². The van der Waals surface area contributed by atoms with Crippen LogP contribution >= 0.6 is 0 Å². The van der Waals surface area contributed by atoms with Crippen molar-refractivity contribution in [1.29, 1.82) is 0 Å². The van der Waals surface area contributed by atoms with Gasteiger partial charge in [0.2, 0.25) is 5.88 Å². The Morgan fingerprint density at radius 1 is 0.909 bits per heavy atom. The van der Waals surface area contributed by atoms with Crippen LogP contribution in [0.3, 0.4) is 0 Å². The number of aromatic nitrogens is 1. The number of nitrogens with zero attached hydrogens (tertiary/aromatic N) is 1. The maximum Gasteiger partial charge on any atom is 0.335 e. The first-order valence-corrected chi connectivity index (χ1v) is 10.1. The number of hydrogen-bond donors (Lipinski definition) is 2. The van der Waals surface area contributed by atoms with Gasteiger partial charge < -0.3 is 15.2 Å². The van der Waals surface area contributed by atoms with E-state index in [-0.39, 0.29) is 35.3 Å². The van der Waals surface area contributed by atoms with Gasteiger partial charge in [-0.15, -0.1) is 0 Å². The zero-order valence-corrected chi connectivity index (χ0v) is 17.4. The molecule has 0 bridgehead atoms. The first-order valence-electron chi connectivity index (χ1n) is 10.1. The van der Waals surface area contributed by atoms with E-state index >= 15 is 0 Å². The van der Waals surface area contributed by atoms with Gasteiger partial charge in [0.1, 0.15) is 17.1 Å². The molecule has 0 aliphatic rings. The number of rotatable bonds is 7. The summed E-state index contributed by atoms with van der Waals surface area (Å²) in [6, 6.07) is 22.8. The monoisotopic (exact) mass is 442 g/mol. The van der Waals surface area contributed by atoms with E-state index in [2.05, 4.69) is 10.3 Å². The predicted molar refractivity (Wildman–Crippen MR) is 121 cm³/mol. The van der Waals surface area contributed by atoms with E-state index < -0.39 is 5.97 Å². The quantitative estimate of drug-likeness (QED) is 0.405. The third-order valence-corrected chi connectivity index (χ3v) is 4.89. The van der Waals surface area contributed by atoms with E-state index in [4.69, 9.17) is 9.84 Å². The van der Waals surface area contributed by atoms with Crippen LogP contribution in [-0.2, 0) is 6.54 Å². The largest absolute Gasteiger partial charge is 0.478 e. The Hall–Kier alpha value is -4.52. The van der Waals surface area contributed by atoms with Crippen LogP contribution in [-0.4, -0.2) is 22.0 Å². The molecule has 0 aliphatic heterocycles. The molecule has 0 saturated carbocycles. The van der Waals surface area contributed by atoms with Crippen LogP contribution in [0.2, 0.25) is 0 Å². The van der Waals surface area contributed by atoms with Gasteiger partial charge in [0.15, 0.2) is 0 Å². The third-order valence-electron chi connectivity index (χ3n) is 4.89. The maximum atomic E-state index is 13.1. The number of hydrogen-bond acceptors (Lipinski definition) is 4. The second kappa shape index (κ2) is 9.74. The zero-order valence-electron chi connectivity index (χ0n) is 17.4. The number of aromatic carboxylic acids is 1. The molecule has 0 radical (unpaired) electrons. The molecule has 0 aliphatic carbocycles. The lowest BCUT2D eigenvalue weighted by Gasteiger charge is -2.11. The second-order valence-corrected chi connectivity index (χ2v) is 7.18. The fourth-order valence-corrected chi connectivity index (χ4v) is 3.18. The summed E-state index contributed by atoms with van der Waals surface area (Å²) in [6.07, 6.45) is 1.51. The smallest absolute Gasteiger partial charge is 0.335 e. The van der Waals surface area contributed by atoms with Crippen LogP contribution in [0, 0.1) is 5.82 Å². The Balaban J connectivity index is 1.43. The molecule has 4 aromatic rings. The van der Waals surface area contributed by atoms with Gasteiger partial charge in [-0.3, -0.25) is 4.79 Å². The molecule has 2 N–H and O–H groups in total. The van der Waals surface area contributed by atoms with E-state index in [1.54, 1.807) is 30.3 Å². The number of carbonyl (C=O) groups is 2. The predicted octanol–water partition coefficient (Wildman–Crippen LogP) is 5.31. The van der Waals surface area contributed by atoms with Gasteiger partial charge in [-0.2, -0.15) is 0 Å². The second-order valence-electron chi connectivity index (χ2n) is 7.18. The molecule has 164 valence electrons. The molecule has 0 fully saturated rings. The van der Waals surface area contributed by atoms with Crippen molar-refractivity contribution in [3.8, 4) is 22.8 Å². The van der Waals surface area contributed by atoms with Crippen LogP contribution in [0.4, 0.5) is 4.39 Å². The van der Waals surface area contributed by atoms with E-state index in [0.29, 0.717) is 5.75 Å². The topological polar surface area (TPSA) is 88.5 Å². The van der Waals surface area contributed by atoms with Crippen LogP contribution in [0.15, 0.2) is 91.1 Å². The Morgan fingerprint density at radius 3 is 2.39 bits per heavy atom. The van der Waals surface area contributed by atoms with Crippen molar-refractivity contribution in [3.63, 3.8) is 0 Å². The molecule has 1 heterocycles. The first kappa shape index (κ1) is 21.7. The zero-order chi connectivity index (χ0) is 23.2. The molecular formula is C26H19FN2O4. The lowest BCUT2D eigenvalue weighted by molar-refractivity contribution is 0.0696. The normalized spacial score (nSPS) is 10.5. The van der Waals surface area contributed by atoms with Gasteiger partial charge in [0.25, 0.3) is 5.91 Å². The highest BCUT2D eigenvalue weighted by molar-refractivity contribution is 5.96. The fraction of sp³-hybridized carbons (Fsp3) is 0.0385. The molecule has 1 aromatic heterocycles. The average molecular weight is 442 g/mol. The summed E-state index contributed by atoms with van der Waals surface area (Å²) in [7, 11) is 0. The van der Waals surface area contributed by atoms with Gasteiger partial charge in [0, 0.05) is 12.7 Å². The van der Waals surface area contributed by atoms with Crippen molar-refractivity contribution in [2.75, 3.05) is 0 Å². The summed E-state index contributed by atoms with van der Waals surface area (Å²) in [5, 5.41) is 12.0. The summed E-state index contributed by atoms with van der Waals surface area (Å²) in [6.45, 7) is 0.277. The summed E-state index contributed by atoms with van der Waals surface area (Å²) in [5.41, 5.74) is 3.01. The number of nitrogens with one attached hydrogen (secondary N) is 1. The molecule has 4 rings (SSSR count). The van der Waals surface area contributed by atoms with Crippen LogP contribution in [0.1, 0.15) is 26.3 Å². The minimum atomic E-state index is -0.977. The highest BCUT2D eigenvalue weighted by Crippen LogP contribution is 2.24. The molecule has 0 unspecified atom stereocenters. The van der Waals surface area contributed by atoms with E-state index in [0.717, 1.165) is 16.7 Å². The van der Waals surface area contributed by atoms with Gasteiger partial charge in [-0.05, 0) is 65.2 Å². The molecule has 0 saturated heterocycles. The molecule has 7 heteroatoms. The van der Waals surface area contributed by atoms with E-state index in [1.165, 1.54) is 30.5 Å². The summed E-state index contributed by atoms with van der Waals surface area (Å²) in [5.74, 6) is -1.24. The number of carbonyl (C=O) groups excluding carboxylic acids is 1. The maximum absolute atomic E-state index is 13.1. The molecule has 33 heavy (non-hydrogen) atoms. The molecule has 1 amide bonds. The number of halogens is 1. The van der Waals surface area contributed by atoms with E-state index in [9.17, 15) is 14.0 Å². The van der Waals surface area contributed by atoms with Crippen LogP contribution in [0.5, 0.6) is 11.6 Å². The number of benzene rings is 3.